The molecule has 1 nitrogen and oxygen atoms in total. The zero-order chi connectivity index (χ0) is 11.6. The fourth-order valence-corrected chi connectivity index (χ4v) is 3.01. The summed E-state index contributed by atoms with van der Waals surface area (Å²) in [6, 6.07) is 8.58. The molecule has 0 aliphatic heterocycles. The molecule has 0 saturated heterocycles. The van der Waals surface area contributed by atoms with Gasteiger partial charge in [-0.1, -0.05) is 32.0 Å². The summed E-state index contributed by atoms with van der Waals surface area (Å²) in [5.74, 6) is 0. The van der Waals surface area contributed by atoms with E-state index in [2.05, 4.69) is 43.5 Å². The van der Waals surface area contributed by atoms with Crippen LogP contribution >= 0.6 is 11.3 Å². The number of thiophene rings is 1. The van der Waals surface area contributed by atoms with Gasteiger partial charge in [0.2, 0.25) is 0 Å². The highest BCUT2D eigenvalue weighted by atomic mass is 32.1. The number of nitrogens with two attached hydrogens (primary N) is 1. The molecule has 0 atom stereocenters. The lowest BCUT2D eigenvalue weighted by Crippen LogP contribution is -2.40. The van der Waals surface area contributed by atoms with Crippen LogP contribution in [0, 0.1) is 0 Å². The second-order valence-electron chi connectivity index (χ2n) is 4.50. The van der Waals surface area contributed by atoms with Crippen LogP contribution in [0.25, 0.3) is 10.1 Å². The molecule has 2 aromatic rings. The maximum atomic E-state index is 6.38. The number of rotatable bonds is 4. The van der Waals surface area contributed by atoms with Crippen LogP contribution in [-0.4, -0.2) is 5.54 Å². The second kappa shape index (κ2) is 4.56. The van der Waals surface area contributed by atoms with Gasteiger partial charge in [0.15, 0.2) is 0 Å². The number of fused-ring (bicyclic) bond motifs is 1. The van der Waals surface area contributed by atoms with Crippen LogP contribution in [-0.2, 0) is 6.42 Å². The number of hydrogen-bond acceptors (Lipinski definition) is 2. The first kappa shape index (κ1) is 11.6. The Hall–Kier alpha value is -0.860. The van der Waals surface area contributed by atoms with Crippen LogP contribution < -0.4 is 5.73 Å². The van der Waals surface area contributed by atoms with E-state index in [4.69, 9.17) is 5.73 Å². The normalized spacial score (nSPS) is 12.2. The van der Waals surface area contributed by atoms with Gasteiger partial charge in [-0.05, 0) is 41.7 Å². The van der Waals surface area contributed by atoms with Crippen molar-refractivity contribution in [3.63, 3.8) is 0 Å². The molecule has 0 aliphatic rings. The molecular weight excluding hydrogens is 214 g/mol. The van der Waals surface area contributed by atoms with Crippen molar-refractivity contribution in [3.8, 4) is 0 Å². The first-order chi connectivity index (χ1) is 7.68. The molecule has 2 rings (SSSR count). The summed E-state index contributed by atoms with van der Waals surface area (Å²) in [5.41, 5.74) is 7.75. The van der Waals surface area contributed by atoms with E-state index in [0.29, 0.717) is 0 Å². The lowest BCUT2D eigenvalue weighted by atomic mass is 9.87. The van der Waals surface area contributed by atoms with Crippen LogP contribution in [0.5, 0.6) is 0 Å². The molecule has 0 unspecified atom stereocenters. The third-order valence-electron chi connectivity index (χ3n) is 3.51. The average Bonchev–Trinajstić information content (AvgIpc) is 2.73. The van der Waals surface area contributed by atoms with Gasteiger partial charge >= 0.3 is 0 Å². The van der Waals surface area contributed by atoms with Gasteiger partial charge in [-0.3, -0.25) is 0 Å². The third kappa shape index (κ3) is 2.13. The quantitative estimate of drug-likeness (QED) is 0.850. The van der Waals surface area contributed by atoms with Gasteiger partial charge in [0.25, 0.3) is 0 Å². The summed E-state index contributed by atoms with van der Waals surface area (Å²) in [6.45, 7) is 4.36. The van der Waals surface area contributed by atoms with Gasteiger partial charge < -0.3 is 5.73 Å². The molecule has 2 N–H and O–H groups in total. The van der Waals surface area contributed by atoms with Crippen LogP contribution in [0.2, 0.25) is 0 Å². The molecule has 0 bridgehead atoms. The summed E-state index contributed by atoms with van der Waals surface area (Å²) in [6.07, 6.45) is 3.06. The topological polar surface area (TPSA) is 26.0 Å². The molecule has 2 heteroatoms. The van der Waals surface area contributed by atoms with Gasteiger partial charge in [0, 0.05) is 10.2 Å². The van der Waals surface area contributed by atoms with Crippen molar-refractivity contribution in [1.82, 2.24) is 0 Å². The Morgan fingerprint density at radius 1 is 1.19 bits per heavy atom. The van der Waals surface area contributed by atoms with Crippen LogP contribution in [0.1, 0.15) is 32.3 Å². The number of benzene rings is 1. The molecule has 1 heterocycles. The zero-order valence-corrected chi connectivity index (χ0v) is 10.8. The number of hydrogen-bond donors (Lipinski definition) is 1. The lowest BCUT2D eigenvalue weighted by Gasteiger charge is -2.26. The molecule has 0 aliphatic carbocycles. The van der Waals surface area contributed by atoms with Gasteiger partial charge in [0.05, 0.1) is 0 Å². The molecule has 1 aromatic carbocycles. The Kier molecular flexibility index (Phi) is 3.31. The predicted octanol–water partition coefficient (Wildman–Crippen LogP) is 3.96. The van der Waals surface area contributed by atoms with E-state index < -0.39 is 0 Å². The van der Waals surface area contributed by atoms with Crippen molar-refractivity contribution < 1.29 is 0 Å². The highest BCUT2D eigenvalue weighted by Gasteiger charge is 2.22. The summed E-state index contributed by atoms with van der Waals surface area (Å²) in [4.78, 5) is 0. The second-order valence-corrected chi connectivity index (χ2v) is 5.41. The van der Waals surface area contributed by atoms with Gasteiger partial charge in [-0.25, -0.2) is 0 Å². The van der Waals surface area contributed by atoms with Gasteiger partial charge in [0.1, 0.15) is 0 Å². The van der Waals surface area contributed by atoms with E-state index in [0.717, 1.165) is 19.3 Å². The Morgan fingerprint density at radius 2 is 1.88 bits per heavy atom. The van der Waals surface area contributed by atoms with Crippen LogP contribution in [0.4, 0.5) is 0 Å². The fourth-order valence-electron chi connectivity index (χ4n) is 2.05. The summed E-state index contributed by atoms with van der Waals surface area (Å²) < 4.78 is 1.37. The van der Waals surface area contributed by atoms with Crippen LogP contribution in [0.3, 0.4) is 0 Å². The molecule has 0 fully saturated rings. The maximum Gasteiger partial charge on any atom is 0.0345 e. The van der Waals surface area contributed by atoms with Crippen molar-refractivity contribution in [2.24, 2.45) is 5.73 Å². The largest absolute Gasteiger partial charge is 0.325 e. The minimum Gasteiger partial charge on any atom is -0.325 e. The first-order valence-electron chi connectivity index (χ1n) is 5.92. The summed E-state index contributed by atoms with van der Waals surface area (Å²) >= 11 is 1.82. The molecule has 16 heavy (non-hydrogen) atoms. The Morgan fingerprint density at radius 3 is 2.56 bits per heavy atom. The Bertz CT molecular complexity index is 468. The standard InChI is InChI=1S/C14H19NS/c1-3-14(15,4-2)9-11-10-16-13-8-6-5-7-12(11)13/h5-8,10H,3-4,9,15H2,1-2H3. The minimum atomic E-state index is -0.0379. The Labute approximate surface area is 101 Å². The highest BCUT2D eigenvalue weighted by Crippen LogP contribution is 2.29. The lowest BCUT2D eigenvalue weighted by molar-refractivity contribution is 0.395. The molecule has 86 valence electrons. The summed E-state index contributed by atoms with van der Waals surface area (Å²) in [5, 5.41) is 3.64. The molecule has 0 spiro atoms. The van der Waals surface area contributed by atoms with Crippen molar-refractivity contribution in [2.75, 3.05) is 0 Å². The van der Waals surface area contributed by atoms with Crippen molar-refractivity contribution in [2.45, 2.75) is 38.6 Å². The monoisotopic (exact) mass is 233 g/mol. The smallest absolute Gasteiger partial charge is 0.0345 e. The zero-order valence-electron chi connectivity index (χ0n) is 9.99. The third-order valence-corrected chi connectivity index (χ3v) is 4.52. The maximum absolute atomic E-state index is 6.38. The molecule has 0 amide bonds. The SMILES string of the molecule is CCC(N)(CC)Cc1csc2ccccc12. The fraction of sp³-hybridized carbons (Fsp3) is 0.429. The van der Waals surface area contributed by atoms with Gasteiger partial charge in [-0.15, -0.1) is 11.3 Å². The van der Waals surface area contributed by atoms with E-state index in [-0.39, 0.29) is 5.54 Å². The van der Waals surface area contributed by atoms with E-state index in [1.54, 1.807) is 0 Å². The van der Waals surface area contributed by atoms with Crippen molar-refractivity contribution in [3.05, 3.63) is 35.2 Å². The first-order valence-corrected chi connectivity index (χ1v) is 6.80. The Balaban J connectivity index is 2.34. The van der Waals surface area contributed by atoms with Crippen molar-refractivity contribution in [1.29, 1.82) is 0 Å². The summed E-state index contributed by atoms with van der Waals surface area (Å²) in [7, 11) is 0. The molecule has 1 aromatic heterocycles. The molecular formula is C14H19NS. The predicted molar refractivity (Wildman–Crippen MR) is 73.0 cm³/mol. The molecule has 0 radical (unpaired) electrons. The van der Waals surface area contributed by atoms with E-state index >= 15 is 0 Å². The van der Waals surface area contributed by atoms with E-state index in [1.165, 1.54) is 15.6 Å². The van der Waals surface area contributed by atoms with Gasteiger partial charge in [-0.2, -0.15) is 0 Å². The van der Waals surface area contributed by atoms with E-state index in [1.807, 2.05) is 11.3 Å². The van der Waals surface area contributed by atoms with Crippen molar-refractivity contribution >= 4 is 21.4 Å². The molecule has 0 saturated carbocycles. The minimum absolute atomic E-state index is 0.0379. The average molecular weight is 233 g/mol. The van der Waals surface area contributed by atoms with Crippen LogP contribution in [0.15, 0.2) is 29.6 Å². The van der Waals surface area contributed by atoms with E-state index in [9.17, 15) is 0 Å². The highest BCUT2D eigenvalue weighted by molar-refractivity contribution is 7.17.